The molecule has 6 nitrogen and oxygen atoms in total. The zero-order valence-corrected chi connectivity index (χ0v) is 6.66. The highest BCUT2D eigenvalue weighted by Crippen LogP contribution is 1.66. The van der Waals surface area contributed by atoms with Crippen LogP contribution >= 0.6 is 0 Å². The van der Waals surface area contributed by atoms with Gasteiger partial charge in [0.15, 0.2) is 0 Å². The van der Waals surface area contributed by atoms with E-state index in [9.17, 15) is 14.4 Å². The van der Waals surface area contributed by atoms with E-state index in [1.165, 1.54) is 0 Å². The maximum atomic E-state index is 10.7. The number of carboxylic acids is 1. The third-order valence-electron chi connectivity index (χ3n) is 0.977. The number of hydrogen-bond donors (Lipinski definition) is 3. The fourth-order valence-electron chi connectivity index (χ4n) is 0.448. The molecule has 13 heavy (non-hydrogen) atoms. The Morgan fingerprint density at radius 1 is 1.23 bits per heavy atom. The summed E-state index contributed by atoms with van der Waals surface area (Å²) in [4.78, 5) is 31.1. The Morgan fingerprint density at radius 3 is 2.31 bits per heavy atom. The van der Waals surface area contributed by atoms with E-state index in [4.69, 9.17) is 11.5 Å². The molecule has 0 bridgehead atoms. The van der Waals surface area contributed by atoms with Gasteiger partial charge in [-0.3, -0.25) is 14.4 Å². The van der Waals surface area contributed by atoms with E-state index < -0.39 is 24.3 Å². The van der Waals surface area contributed by atoms with Gasteiger partial charge in [-0.25, -0.2) is 0 Å². The van der Waals surface area contributed by atoms with Crippen LogP contribution < -0.4 is 10.6 Å². The number of carbonyl (C=O) groups is 3. The summed E-state index contributed by atoms with van der Waals surface area (Å²) in [7, 11) is 0. The Labute approximate surface area is 74.3 Å². The van der Waals surface area contributed by atoms with Crippen molar-refractivity contribution >= 4 is 17.8 Å². The molecule has 0 fully saturated rings. The number of rotatable bonds is 4. The summed E-state index contributed by atoms with van der Waals surface area (Å²) < 4.78 is 0. The summed E-state index contributed by atoms with van der Waals surface area (Å²) >= 11 is 0. The Hall–Kier alpha value is -2.03. The Bertz CT molecular complexity index is 266. The van der Waals surface area contributed by atoms with Crippen LogP contribution in [0.3, 0.4) is 0 Å². The lowest BCUT2D eigenvalue weighted by Gasteiger charge is -2.01. The number of hydrogen-bond acceptors (Lipinski definition) is 3. The van der Waals surface area contributed by atoms with Crippen LogP contribution in [-0.4, -0.2) is 36.0 Å². The first-order valence-electron chi connectivity index (χ1n) is 3.29. The Kier molecular flexibility index (Phi) is 4.72. The second-order valence-corrected chi connectivity index (χ2v) is 2.00. The van der Waals surface area contributed by atoms with Gasteiger partial charge < -0.3 is 15.7 Å². The molecule has 0 aromatic carbocycles. The molecule has 2 amide bonds. The van der Waals surface area contributed by atoms with Gasteiger partial charge in [0.05, 0.1) is 6.54 Å². The zero-order valence-electron chi connectivity index (χ0n) is 6.66. The third-order valence-corrected chi connectivity index (χ3v) is 0.977. The molecule has 70 valence electrons. The topological polar surface area (TPSA) is 95.5 Å². The number of carbonyl (C=O) groups excluding carboxylic acids is 2. The molecular formula is C7H8N2O4. The van der Waals surface area contributed by atoms with Crippen molar-refractivity contribution < 1.29 is 19.5 Å². The van der Waals surface area contributed by atoms with Crippen LogP contribution in [0.15, 0.2) is 0 Å². The van der Waals surface area contributed by atoms with Crippen LogP contribution in [0.2, 0.25) is 0 Å². The first-order valence-corrected chi connectivity index (χ1v) is 3.29. The molecule has 0 radical (unpaired) electrons. The van der Waals surface area contributed by atoms with Crippen molar-refractivity contribution in [3.05, 3.63) is 0 Å². The summed E-state index contributed by atoms with van der Waals surface area (Å²) in [5.41, 5.74) is 0. The lowest BCUT2D eigenvalue weighted by atomic mass is 10.5. The number of nitrogens with one attached hydrogen (secondary N) is 2. The molecule has 0 aromatic rings. The molecule has 0 aliphatic rings. The highest BCUT2D eigenvalue weighted by atomic mass is 16.4. The van der Waals surface area contributed by atoms with Gasteiger partial charge in [0, 0.05) is 0 Å². The molecule has 0 saturated carbocycles. The highest BCUT2D eigenvalue weighted by Gasteiger charge is 2.04. The number of amides is 2. The van der Waals surface area contributed by atoms with Gasteiger partial charge >= 0.3 is 5.97 Å². The summed E-state index contributed by atoms with van der Waals surface area (Å²) in [6, 6.07) is 0. The van der Waals surface area contributed by atoms with Crippen LogP contribution in [-0.2, 0) is 14.4 Å². The van der Waals surface area contributed by atoms with Crippen LogP contribution in [0.1, 0.15) is 0 Å². The van der Waals surface area contributed by atoms with Crippen LogP contribution in [0.25, 0.3) is 0 Å². The minimum atomic E-state index is -1.16. The van der Waals surface area contributed by atoms with Gasteiger partial charge in [0.1, 0.15) is 6.54 Å². The van der Waals surface area contributed by atoms with E-state index in [1.807, 2.05) is 5.32 Å². The number of terminal acetylenes is 1. The smallest absolute Gasteiger partial charge is 0.322 e. The summed E-state index contributed by atoms with van der Waals surface area (Å²) in [6.07, 6.45) is 4.69. The standard InChI is InChI=1S/C7H8N2O4/c1-2-5(10)8-3-6(11)9-4-7(12)13/h1H,3-4H2,(H,8,10)(H,9,11)(H,12,13). The van der Waals surface area contributed by atoms with E-state index in [-0.39, 0.29) is 6.54 Å². The SMILES string of the molecule is C#CC(=O)NCC(=O)NCC(=O)O. The monoisotopic (exact) mass is 184 g/mol. The molecule has 6 heteroatoms. The zero-order chi connectivity index (χ0) is 10.3. The lowest BCUT2D eigenvalue weighted by Crippen LogP contribution is -2.38. The van der Waals surface area contributed by atoms with Crippen molar-refractivity contribution in [2.45, 2.75) is 0 Å². The van der Waals surface area contributed by atoms with Crippen molar-refractivity contribution in [2.75, 3.05) is 13.1 Å². The van der Waals surface area contributed by atoms with Crippen molar-refractivity contribution in [1.82, 2.24) is 10.6 Å². The highest BCUT2D eigenvalue weighted by molar-refractivity contribution is 5.95. The van der Waals surface area contributed by atoms with E-state index >= 15 is 0 Å². The van der Waals surface area contributed by atoms with Crippen LogP contribution in [0.5, 0.6) is 0 Å². The molecule has 0 aliphatic heterocycles. The molecule has 0 rings (SSSR count). The maximum Gasteiger partial charge on any atom is 0.322 e. The molecule has 3 N–H and O–H groups in total. The van der Waals surface area contributed by atoms with Gasteiger partial charge in [0.2, 0.25) is 5.91 Å². The first-order chi connectivity index (χ1) is 6.06. The van der Waals surface area contributed by atoms with E-state index in [2.05, 4.69) is 5.32 Å². The molecule has 0 saturated heterocycles. The van der Waals surface area contributed by atoms with Crippen molar-refractivity contribution in [1.29, 1.82) is 0 Å². The summed E-state index contributed by atoms with van der Waals surface area (Å²) in [5, 5.41) is 12.3. The second-order valence-electron chi connectivity index (χ2n) is 2.00. The summed E-state index contributed by atoms with van der Waals surface area (Å²) in [5.74, 6) is -0.740. The van der Waals surface area contributed by atoms with Gasteiger partial charge in [-0.15, -0.1) is 6.42 Å². The lowest BCUT2D eigenvalue weighted by molar-refractivity contribution is -0.137. The second kappa shape index (κ2) is 5.60. The van der Waals surface area contributed by atoms with Gasteiger partial charge in [-0.1, -0.05) is 0 Å². The van der Waals surface area contributed by atoms with Crippen LogP contribution in [0.4, 0.5) is 0 Å². The molecule has 0 atom stereocenters. The molecule has 0 aliphatic carbocycles. The normalized spacial score (nSPS) is 8.23. The van der Waals surface area contributed by atoms with E-state index in [1.54, 1.807) is 5.92 Å². The molecule has 0 unspecified atom stereocenters. The summed E-state index contributed by atoms with van der Waals surface area (Å²) in [6.45, 7) is -0.804. The first kappa shape index (κ1) is 11.0. The molecule has 0 heterocycles. The molecular weight excluding hydrogens is 176 g/mol. The maximum absolute atomic E-state index is 10.7. The van der Waals surface area contributed by atoms with Gasteiger partial charge in [0.25, 0.3) is 5.91 Å². The minimum Gasteiger partial charge on any atom is -0.480 e. The largest absolute Gasteiger partial charge is 0.480 e. The Balaban J connectivity index is 3.59. The van der Waals surface area contributed by atoms with Crippen LogP contribution in [0, 0.1) is 12.3 Å². The van der Waals surface area contributed by atoms with Gasteiger partial charge in [-0.05, 0) is 5.92 Å². The Morgan fingerprint density at radius 2 is 1.85 bits per heavy atom. The molecule has 0 aromatic heterocycles. The van der Waals surface area contributed by atoms with E-state index in [0.29, 0.717) is 0 Å². The van der Waals surface area contributed by atoms with Crippen molar-refractivity contribution in [3.63, 3.8) is 0 Å². The molecule has 0 spiro atoms. The minimum absolute atomic E-state index is 0.323. The predicted molar refractivity (Wildman–Crippen MR) is 42.5 cm³/mol. The fourth-order valence-corrected chi connectivity index (χ4v) is 0.448. The van der Waals surface area contributed by atoms with Crippen molar-refractivity contribution in [3.8, 4) is 12.3 Å². The van der Waals surface area contributed by atoms with Crippen molar-refractivity contribution in [2.24, 2.45) is 0 Å². The number of carboxylic acid groups (broad SMARTS) is 1. The average Bonchev–Trinajstić information content (AvgIpc) is 2.10. The van der Waals surface area contributed by atoms with E-state index in [0.717, 1.165) is 0 Å². The fraction of sp³-hybridized carbons (Fsp3) is 0.286. The van der Waals surface area contributed by atoms with Gasteiger partial charge in [-0.2, -0.15) is 0 Å². The number of aliphatic carboxylic acids is 1. The quantitative estimate of drug-likeness (QED) is 0.437. The third kappa shape index (κ3) is 6.37. The predicted octanol–water partition coefficient (Wildman–Crippen LogP) is -2.06. The average molecular weight is 184 g/mol.